The Morgan fingerprint density at radius 1 is 1.45 bits per heavy atom. The van der Waals surface area contributed by atoms with Gasteiger partial charge in [0, 0.05) is 26.7 Å². The molecule has 1 fully saturated rings. The van der Waals surface area contributed by atoms with Crippen LogP contribution in [0.4, 0.5) is 0 Å². The molecule has 1 aromatic carbocycles. The second-order valence-electron chi connectivity index (χ2n) is 5.45. The maximum Gasteiger partial charge on any atom is 0.244 e. The third kappa shape index (κ3) is 5.37. The minimum absolute atomic E-state index is 0.0493. The van der Waals surface area contributed by atoms with Crippen molar-refractivity contribution < 1.29 is 9.53 Å². The lowest BCUT2D eigenvalue weighted by molar-refractivity contribution is -0.128. The van der Waals surface area contributed by atoms with Crippen LogP contribution in [-0.4, -0.2) is 49.6 Å². The van der Waals surface area contributed by atoms with Crippen LogP contribution in [0.3, 0.4) is 0 Å². The minimum Gasteiger partial charge on any atom is -0.376 e. The molecular weight excluding hydrogens is 280 g/mol. The fourth-order valence-corrected chi connectivity index (χ4v) is 2.30. The van der Waals surface area contributed by atoms with Crippen molar-refractivity contribution in [3.05, 3.63) is 35.9 Å². The van der Waals surface area contributed by atoms with E-state index in [1.807, 2.05) is 30.3 Å². The molecule has 0 saturated carbocycles. The smallest absolute Gasteiger partial charge is 0.244 e. The van der Waals surface area contributed by atoms with Crippen molar-refractivity contribution in [3.8, 4) is 0 Å². The van der Waals surface area contributed by atoms with Gasteiger partial charge in [0.2, 0.25) is 5.91 Å². The summed E-state index contributed by atoms with van der Waals surface area (Å²) in [6, 6.07) is 9.85. The second kappa shape index (κ2) is 8.38. The Kier molecular flexibility index (Phi) is 6.21. The van der Waals surface area contributed by atoms with Gasteiger partial charge < -0.3 is 20.7 Å². The van der Waals surface area contributed by atoms with E-state index < -0.39 is 0 Å². The first-order chi connectivity index (χ1) is 10.6. The number of ether oxygens (including phenoxy) is 1. The van der Waals surface area contributed by atoms with Crippen molar-refractivity contribution in [2.75, 3.05) is 26.7 Å². The Labute approximate surface area is 131 Å². The number of nitrogens with zero attached hydrogens (tertiary/aromatic N) is 2. The number of hydrogen-bond acceptors (Lipinski definition) is 3. The molecule has 1 atom stereocenters. The number of carbonyl (C=O) groups excluding carboxylic acids is 1. The topological polar surface area (TPSA) is 80.0 Å². The van der Waals surface area contributed by atoms with Crippen LogP contribution in [0.5, 0.6) is 0 Å². The number of carbonyl (C=O) groups is 1. The molecule has 22 heavy (non-hydrogen) atoms. The van der Waals surface area contributed by atoms with Gasteiger partial charge in [-0.05, 0) is 18.4 Å². The number of rotatable bonds is 6. The largest absolute Gasteiger partial charge is 0.376 e. The molecule has 0 bridgehead atoms. The molecule has 6 nitrogen and oxygen atoms in total. The zero-order valence-electron chi connectivity index (χ0n) is 13.0. The lowest BCUT2D eigenvalue weighted by Crippen LogP contribution is -2.38. The van der Waals surface area contributed by atoms with E-state index >= 15 is 0 Å². The summed E-state index contributed by atoms with van der Waals surface area (Å²) in [4.78, 5) is 17.8. The number of amides is 1. The van der Waals surface area contributed by atoms with Gasteiger partial charge in [0.1, 0.15) is 6.54 Å². The van der Waals surface area contributed by atoms with Gasteiger partial charge in [0.05, 0.1) is 6.10 Å². The quantitative estimate of drug-likeness (QED) is 0.600. The Balaban J connectivity index is 1.71. The summed E-state index contributed by atoms with van der Waals surface area (Å²) in [6.07, 6.45) is 2.33. The minimum atomic E-state index is -0.0641. The first kappa shape index (κ1) is 16.3. The molecule has 0 radical (unpaired) electrons. The predicted octanol–water partition coefficient (Wildman–Crippen LogP) is 0.728. The lowest BCUT2D eigenvalue weighted by atomic mass is 10.2. The third-order valence-corrected chi connectivity index (χ3v) is 3.61. The van der Waals surface area contributed by atoms with E-state index in [-0.39, 0.29) is 24.5 Å². The van der Waals surface area contributed by atoms with Crippen molar-refractivity contribution in [2.45, 2.75) is 25.5 Å². The molecule has 1 amide bonds. The van der Waals surface area contributed by atoms with Crippen LogP contribution >= 0.6 is 0 Å². The van der Waals surface area contributed by atoms with Gasteiger partial charge in [-0.1, -0.05) is 30.3 Å². The number of nitrogens with two attached hydrogens (primary N) is 1. The number of benzene rings is 1. The lowest BCUT2D eigenvalue weighted by Gasteiger charge is -2.16. The van der Waals surface area contributed by atoms with Crippen LogP contribution in [-0.2, 0) is 16.1 Å². The monoisotopic (exact) mass is 304 g/mol. The molecule has 3 N–H and O–H groups in total. The van der Waals surface area contributed by atoms with Crippen LogP contribution in [0.15, 0.2) is 35.3 Å². The molecule has 0 unspecified atom stereocenters. The fraction of sp³-hybridized carbons (Fsp3) is 0.500. The number of hydrogen-bond donors (Lipinski definition) is 2. The Morgan fingerprint density at radius 2 is 2.23 bits per heavy atom. The highest BCUT2D eigenvalue weighted by Gasteiger charge is 2.15. The Hall–Kier alpha value is -2.08. The van der Waals surface area contributed by atoms with Crippen LogP contribution in [0.2, 0.25) is 0 Å². The molecule has 1 aliphatic rings. The van der Waals surface area contributed by atoms with Crippen molar-refractivity contribution in [3.63, 3.8) is 0 Å². The molecule has 0 spiro atoms. The van der Waals surface area contributed by atoms with Gasteiger partial charge in [0.25, 0.3) is 0 Å². The summed E-state index contributed by atoms with van der Waals surface area (Å²) in [5.74, 6) is 0.225. The molecule has 0 aromatic heterocycles. The zero-order valence-corrected chi connectivity index (χ0v) is 13.0. The fourth-order valence-electron chi connectivity index (χ4n) is 2.30. The molecular formula is C16H24N4O2. The first-order valence-electron chi connectivity index (χ1n) is 7.58. The average molecular weight is 304 g/mol. The molecule has 1 aliphatic heterocycles. The Bertz CT molecular complexity index is 498. The third-order valence-electron chi connectivity index (χ3n) is 3.61. The zero-order chi connectivity index (χ0) is 15.8. The van der Waals surface area contributed by atoms with E-state index in [0.717, 1.165) is 25.0 Å². The van der Waals surface area contributed by atoms with Gasteiger partial charge in [-0.25, -0.2) is 4.99 Å². The van der Waals surface area contributed by atoms with Crippen LogP contribution in [0, 0.1) is 0 Å². The van der Waals surface area contributed by atoms with Gasteiger partial charge in [-0.2, -0.15) is 0 Å². The van der Waals surface area contributed by atoms with E-state index in [2.05, 4.69) is 10.3 Å². The van der Waals surface area contributed by atoms with Crippen molar-refractivity contribution in [1.82, 2.24) is 10.2 Å². The van der Waals surface area contributed by atoms with Gasteiger partial charge in [-0.15, -0.1) is 0 Å². The van der Waals surface area contributed by atoms with Gasteiger partial charge >= 0.3 is 0 Å². The highest BCUT2D eigenvalue weighted by molar-refractivity contribution is 5.83. The summed E-state index contributed by atoms with van der Waals surface area (Å²) in [5.41, 5.74) is 6.86. The number of guanidine groups is 1. The highest BCUT2D eigenvalue weighted by atomic mass is 16.5. The van der Waals surface area contributed by atoms with E-state index in [1.165, 1.54) is 0 Å². The summed E-state index contributed by atoms with van der Waals surface area (Å²) < 4.78 is 5.49. The maximum atomic E-state index is 12.0. The molecule has 120 valence electrons. The van der Waals surface area contributed by atoms with Crippen molar-refractivity contribution >= 4 is 11.9 Å². The first-order valence-corrected chi connectivity index (χ1v) is 7.58. The van der Waals surface area contributed by atoms with Crippen LogP contribution in [0.25, 0.3) is 0 Å². The Morgan fingerprint density at radius 3 is 2.91 bits per heavy atom. The molecule has 6 heteroatoms. The van der Waals surface area contributed by atoms with Gasteiger partial charge in [-0.3, -0.25) is 4.79 Å². The molecule has 2 rings (SSSR count). The second-order valence-corrected chi connectivity index (χ2v) is 5.45. The molecule has 1 aromatic rings. The van der Waals surface area contributed by atoms with Crippen molar-refractivity contribution in [2.24, 2.45) is 10.7 Å². The maximum absolute atomic E-state index is 12.0. The number of aliphatic imine (C=N–C) groups is 1. The summed E-state index contributed by atoms with van der Waals surface area (Å²) in [7, 11) is 1.76. The average Bonchev–Trinajstić information content (AvgIpc) is 3.05. The van der Waals surface area contributed by atoms with E-state index in [1.54, 1.807) is 11.9 Å². The summed E-state index contributed by atoms with van der Waals surface area (Å²) in [5, 5.41) is 3.00. The van der Waals surface area contributed by atoms with Crippen LogP contribution in [0.1, 0.15) is 18.4 Å². The summed E-state index contributed by atoms with van der Waals surface area (Å²) in [6.45, 7) is 2.07. The SMILES string of the molecule is CN(Cc1ccccc1)C(=O)CN=C(N)NC[C@H]1CCCO1. The normalized spacial score (nSPS) is 18.2. The van der Waals surface area contributed by atoms with Crippen LogP contribution < -0.4 is 11.1 Å². The molecule has 1 saturated heterocycles. The van der Waals surface area contributed by atoms with Crippen molar-refractivity contribution in [1.29, 1.82) is 0 Å². The van der Waals surface area contributed by atoms with E-state index in [4.69, 9.17) is 10.5 Å². The van der Waals surface area contributed by atoms with Gasteiger partial charge in [0.15, 0.2) is 5.96 Å². The molecule has 1 heterocycles. The number of likely N-dealkylation sites (N-methyl/N-ethyl adjacent to an activating group) is 1. The number of nitrogens with one attached hydrogen (secondary N) is 1. The van der Waals surface area contributed by atoms with E-state index in [9.17, 15) is 4.79 Å². The molecule has 0 aliphatic carbocycles. The highest BCUT2D eigenvalue weighted by Crippen LogP contribution is 2.10. The standard InChI is InChI=1S/C16H24N4O2/c1-20(12-13-6-3-2-4-7-13)15(21)11-19-16(17)18-10-14-8-5-9-22-14/h2-4,6-7,14H,5,8-12H2,1H3,(H3,17,18,19)/t14-/m1/s1. The predicted molar refractivity (Wildman–Crippen MR) is 86.4 cm³/mol. The summed E-state index contributed by atoms with van der Waals surface area (Å²) >= 11 is 0. The van der Waals surface area contributed by atoms with E-state index in [0.29, 0.717) is 13.1 Å².